The molecule has 1 aromatic rings. The zero-order valence-electron chi connectivity index (χ0n) is 6.74. The Morgan fingerprint density at radius 2 is 2.00 bits per heavy atom. The van der Waals surface area contributed by atoms with Crippen LogP contribution in [-0.2, 0) is 0 Å². The summed E-state index contributed by atoms with van der Waals surface area (Å²) in [5, 5.41) is 0.176. The molecule has 0 saturated heterocycles. The molecule has 78 valence electrons. The zero-order valence-corrected chi connectivity index (χ0v) is 9.65. The second-order valence-corrected chi connectivity index (χ2v) is 4.13. The Balaban J connectivity index is 2.72. The van der Waals surface area contributed by atoms with Crippen LogP contribution in [0.5, 0.6) is 5.75 Å². The molecule has 0 heterocycles. The minimum absolute atomic E-state index is 0.0518. The van der Waals surface area contributed by atoms with Crippen LogP contribution in [0.1, 0.15) is 0 Å². The Morgan fingerprint density at radius 1 is 1.36 bits per heavy atom. The largest absolute Gasteiger partial charge is 0.483 e. The molecule has 1 nitrogen and oxygen atoms in total. The average Bonchev–Trinajstić information content (AvgIpc) is 2.05. The monoisotopic (exact) mass is 336 g/mol. The van der Waals surface area contributed by atoms with Crippen molar-refractivity contribution >= 4 is 34.2 Å². The maximum absolute atomic E-state index is 11.8. The summed E-state index contributed by atoms with van der Waals surface area (Å²) in [4.78, 5) is 0. The summed E-state index contributed by atoms with van der Waals surface area (Å²) in [7, 11) is 0. The van der Waals surface area contributed by atoms with Gasteiger partial charge in [-0.25, -0.2) is 0 Å². The summed E-state index contributed by atoms with van der Waals surface area (Å²) in [5.74, 6) is 0.0518. The molecule has 0 aromatic heterocycles. The highest BCUT2D eigenvalue weighted by atomic mass is 127. The molecular formula is C8H5ClF3IO. The van der Waals surface area contributed by atoms with Gasteiger partial charge in [0.1, 0.15) is 5.75 Å². The van der Waals surface area contributed by atoms with Crippen LogP contribution in [0.15, 0.2) is 18.2 Å². The molecule has 1 rings (SSSR count). The fourth-order valence-electron chi connectivity index (χ4n) is 0.747. The highest BCUT2D eigenvalue weighted by Crippen LogP contribution is 2.27. The van der Waals surface area contributed by atoms with Crippen LogP contribution >= 0.6 is 34.2 Å². The van der Waals surface area contributed by atoms with Gasteiger partial charge in [-0.1, -0.05) is 11.6 Å². The van der Waals surface area contributed by atoms with Crippen LogP contribution in [0.25, 0.3) is 0 Å². The van der Waals surface area contributed by atoms with Crippen molar-refractivity contribution in [2.45, 2.75) is 6.18 Å². The predicted molar refractivity (Wildman–Crippen MR) is 55.7 cm³/mol. The quantitative estimate of drug-likeness (QED) is 0.745. The summed E-state index contributed by atoms with van der Waals surface area (Å²) in [6, 6.07) is 4.63. The maximum atomic E-state index is 11.8. The molecule has 0 fully saturated rings. The van der Waals surface area contributed by atoms with Crippen molar-refractivity contribution in [1.82, 2.24) is 0 Å². The van der Waals surface area contributed by atoms with Crippen molar-refractivity contribution < 1.29 is 17.9 Å². The van der Waals surface area contributed by atoms with Crippen LogP contribution in [0.3, 0.4) is 0 Å². The average molecular weight is 336 g/mol. The van der Waals surface area contributed by atoms with Gasteiger partial charge in [-0.05, 0) is 40.8 Å². The Morgan fingerprint density at radius 3 is 2.57 bits per heavy atom. The van der Waals surface area contributed by atoms with Crippen molar-refractivity contribution in [2.75, 3.05) is 6.61 Å². The van der Waals surface area contributed by atoms with Gasteiger partial charge in [-0.15, -0.1) is 0 Å². The number of benzene rings is 1. The lowest BCUT2D eigenvalue weighted by Crippen LogP contribution is -2.19. The molecule has 6 heteroatoms. The van der Waals surface area contributed by atoms with E-state index in [-0.39, 0.29) is 10.8 Å². The first-order valence-electron chi connectivity index (χ1n) is 3.53. The molecule has 0 aliphatic rings. The molecule has 0 unspecified atom stereocenters. The van der Waals surface area contributed by atoms with E-state index < -0.39 is 12.8 Å². The molecule has 0 aliphatic heterocycles. The number of hydrogen-bond acceptors (Lipinski definition) is 1. The smallest absolute Gasteiger partial charge is 0.422 e. The van der Waals surface area contributed by atoms with Gasteiger partial charge in [0, 0.05) is 3.57 Å². The molecule has 0 saturated carbocycles. The third-order valence-corrected chi connectivity index (χ3v) is 2.27. The van der Waals surface area contributed by atoms with E-state index in [0.717, 1.165) is 3.57 Å². The van der Waals surface area contributed by atoms with Crippen molar-refractivity contribution in [3.8, 4) is 5.75 Å². The number of halogens is 5. The molecular weight excluding hydrogens is 331 g/mol. The van der Waals surface area contributed by atoms with E-state index in [1.165, 1.54) is 12.1 Å². The van der Waals surface area contributed by atoms with Crippen LogP contribution in [0.4, 0.5) is 13.2 Å². The van der Waals surface area contributed by atoms with Crippen molar-refractivity contribution in [2.24, 2.45) is 0 Å². The Bertz CT molecular complexity index is 327. The SMILES string of the molecule is FC(F)(F)COc1cc(I)ccc1Cl. The molecule has 1 aromatic carbocycles. The molecule has 0 atom stereocenters. The number of hydrogen-bond donors (Lipinski definition) is 0. The molecule has 0 amide bonds. The van der Waals surface area contributed by atoms with Crippen LogP contribution in [-0.4, -0.2) is 12.8 Å². The third kappa shape index (κ3) is 3.91. The molecule has 0 aliphatic carbocycles. The summed E-state index contributed by atoms with van der Waals surface area (Å²) < 4.78 is 40.7. The first-order valence-corrected chi connectivity index (χ1v) is 4.99. The van der Waals surface area contributed by atoms with Crippen LogP contribution in [0, 0.1) is 3.57 Å². The van der Waals surface area contributed by atoms with Crippen LogP contribution in [0.2, 0.25) is 5.02 Å². The van der Waals surface area contributed by atoms with E-state index in [4.69, 9.17) is 11.6 Å². The summed E-state index contributed by atoms with van der Waals surface area (Å²) in [5.41, 5.74) is 0. The van der Waals surface area contributed by atoms with Crippen molar-refractivity contribution in [1.29, 1.82) is 0 Å². The van der Waals surface area contributed by atoms with Gasteiger partial charge in [0.25, 0.3) is 0 Å². The lowest BCUT2D eigenvalue weighted by Gasteiger charge is -2.10. The van der Waals surface area contributed by atoms with E-state index >= 15 is 0 Å². The lowest BCUT2D eigenvalue weighted by molar-refractivity contribution is -0.153. The fourth-order valence-corrected chi connectivity index (χ4v) is 1.38. The number of ether oxygens (including phenoxy) is 1. The van der Waals surface area contributed by atoms with Crippen molar-refractivity contribution in [3.05, 3.63) is 26.8 Å². The van der Waals surface area contributed by atoms with E-state index in [2.05, 4.69) is 4.74 Å². The van der Waals surface area contributed by atoms with Gasteiger partial charge < -0.3 is 4.74 Å². The van der Waals surface area contributed by atoms with Gasteiger partial charge in [-0.3, -0.25) is 0 Å². The highest BCUT2D eigenvalue weighted by Gasteiger charge is 2.28. The summed E-state index contributed by atoms with van der Waals surface area (Å²) in [6.45, 7) is -1.33. The van der Waals surface area contributed by atoms with Crippen molar-refractivity contribution in [3.63, 3.8) is 0 Å². The standard InChI is InChI=1S/C8H5ClF3IO/c9-6-2-1-5(13)3-7(6)14-4-8(10,11)12/h1-3H,4H2. The van der Waals surface area contributed by atoms with Gasteiger partial charge >= 0.3 is 6.18 Å². The second-order valence-electron chi connectivity index (χ2n) is 2.48. The molecule has 0 N–H and O–H groups in total. The number of rotatable bonds is 2. The minimum Gasteiger partial charge on any atom is -0.483 e. The first-order chi connectivity index (χ1) is 6.38. The summed E-state index contributed by atoms with van der Waals surface area (Å²) >= 11 is 7.59. The molecule has 0 bridgehead atoms. The Kier molecular flexibility index (Phi) is 3.88. The van der Waals surface area contributed by atoms with Crippen LogP contribution < -0.4 is 4.74 Å². The highest BCUT2D eigenvalue weighted by molar-refractivity contribution is 14.1. The van der Waals surface area contributed by atoms with Gasteiger partial charge in [-0.2, -0.15) is 13.2 Å². The number of alkyl halides is 3. The predicted octanol–water partition coefficient (Wildman–Crippen LogP) is 3.89. The zero-order chi connectivity index (χ0) is 10.8. The fraction of sp³-hybridized carbons (Fsp3) is 0.250. The Labute approximate surface area is 97.3 Å². The van der Waals surface area contributed by atoms with Gasteiger partial charge in [0.2, 0.25) is 0 Å². The minimum atomic E-state index is -4.34. The maximum Gasteiger partial charge on any atom is 0.422 e. The van der Waals surface area contributed by atoms with E-state index in [9.17, 15) is 13.2 Å². The summed E-state index contributed by atoms with van der Waals surface area (Å²) in [6.07, 6.45) is -4.34. The topological polar surface area (TPSA) is 9.23 Å². The molecule has 0 radical (unpaired) electrons. The lowest BCUT2D eigenvalue weighted by atomic mass is 10.3. The van der Waals surface area contributed by atoms with E-state index in [1.807, 2.05) is 22.6 Å². The molecule has 14 heavy (non-hydrogen) atoms. The van der Waals surface area contributed by atoms with E-state index in [1.54, 1.807) is 6.07 Å². The van der Waals surface area contributed by atoms with Gasteiger partial charge in [0.05, 0.1) is 5.02 Å². The van der Waals surface area contributed by atoms with Gasteiger partial charge in [0.15, 0.2) is 6.61 Å². The first kappa shape index (κ1) is 11.9. The second kappa shape index (κ2) is 4.57. The molecule has 0 spiro atoms. The van der Waals surface area contributed by atoms with E-state index in [0.29, 0.717) is 0 Å². The third-order valence-electron chi connectivity index (χ3n) is 1.28. The normalized spacial score (nSPS) is 11.5. The Hall–Kier alpha value is -0.170.